The quantitative estimate of drug-likeness (QED) is 0.716. The summed E-state index contributed by atoms with van der Waals surface area (Å²) >= 11 is 0. The molecule has 88 valence electrons. The normalized spacial score (nSPS) is 32.6. The highest BCUT2D eigenvalue weighted by atomic mass is 15.2. The molecule has 2 atom stereocenters. The monoisotopic (exact) mass is 210 g/mol. The molecule has 2 fully saturated rings. The summed E-state index contributed by atoms with van der Waals surface area (Å²) in [7, 11) is 0. The third-order valence-electron chi connectivity index (χ3n) is 4.06. The van der Waals surface area contributed by atoms with Crippen molar-refractivity contribution in [3.05, 3.63) is 0 Å². The van der Waals surface area contributed by atoms with E-state index in [1.54, 1.807) is 0 Å². The number of nitrogens with one attached hydrogen (secondary N) is 1. The maximum atomic E-state index is 3.61. The Kier molecular flexibility index (Phi) is 4.45. The summed E-state index contributed by atoms with van der Waals surface area (Å²) in [4.78, 5) is 2.76. The van der Waals surface area contributed by atoms with E-state index in [0.29, 0.717) is 0 Å². The van der Waals surface area contributed by atoms with Gasteiger partial charge in [-0.2, -0.15) is 0 Å². The lowest BCUT2D eigenvalue weighted by atomic mass is 9.83. The van der Waals surface area contributed by atoms with Gasteiger partial charge in [-0.05, 0) is 64.2 Å². The van der Waals surface area contributed by atoms with Crippen LogP contribution in [0, 0.1) is 5.92 Å². The zero-order chi connectivity index (χ0) is 10.5. The van der Waals surface area contributed by atoms with E-state index in [4.69, 9.17) is 0 Å². The summed E-state index contributed by atoms with van der Waals surface area (Å²) in [6.07, 6.45) is 8.50. The molecule has 0 amide bonds. The molecule has 2 heteroatoms. The first-order valence-corrected chi connectivity index (χ1v) is 6.86. The first-order chi connectivity index (χ1) is 7.42. The van der Waals surface area contributed by atoms with Crippen LogP contribution >= 0.6 is 0 Å². The second-order valence-electron chi connectivity index (χ2n) is 5.21. The molecule has 2 aliphatic heterocycles. The van der Waals surface area contributed by atoms with Crippen LogP contribution in [0.5, 0.6) is 0 Å². The molecular weight excluding hydrogens is 184 g/mol. The predicted octanol–water partition coefficient (Wildman–Crippen LogP) is 2.25. The minimum atomic E-state index is 0.914. The first-order valence-electron chi connectivity index (χ1n) is 6.86. The van der Waals surface area contributed by atoms with E-state index in [2.05, 4.69) is 17.1 Å². The van der Waals surface area contributed by atoms with Crippen LogP contribution in [0.2, 0.25) is 0 Å². The van der Waals surface area contributed by atoms with Crippen molar-refractivity contribution in [2.75, 3.05) is 26.2 Å². The summed E-state index contributed by atoms with van der Waals surface area (Å²) in [6.45, 7) is 7.45. The molecule has 2 heterocycles. The SMILES string of the molecule is CCCNC[C@@H]1CCCN2CCCC[C@@H]12. The molecule has 0 spiro atoms. The van der Waals surface area contributed by atoms with Gasteiger partial charge in [0.15, 0.2) is 0 Å². The Hall–Kier alpha value is -0.0800. The minimum absolute atomic E-state index is 0.914. The molecule has 0 unspecified atom stereocenters. The number of hydrogen-bond acceptors (Lipinski definition) is 2. The van der Waals surface area contributed by atoms with Gasteiger partial charge >= 0.3 is 0 Å². The van der Waals surface area contributed by atoms with Crippen molar-refractivity contribution < 1.29 is 0 Å². The van der Waals surface area contributed by atoms with Crippen LogP contribution in [0.4, 0.5) is 0 Å². The predicted molar refractivity (Wildman–Crippen MR) is 65.1 cm³/mol. The number of rotatable bonds is 4. The molecule has 2 aliphatic rings. The number of hydrogen-bond donors (Lipinski definition) is 1. The van der Waals surface area contributed by atoms with E-state index < -0.39 is 0 Å². The zero-order valence-corrected chi connectivity index (χ0v) is 10.2. The lowest BCUT2D eigenvalue weighted by Gasteiger charge is -2.44. The van der Waals surface area contributed by atoms with Crippen molar-refractivity contribution in [1.82, 2.24) is 10.2 Å². The standard InChI is InChI=1S/C13H26N2/c1-2-8-14-11-12-6-5-10-15-9-4-3-7-13(12)15/h12-14H,2-11H2,1H3/t12-,13-/m0/s1. The van der Waals surface area contributed by atoms with Crippen LogP contribution in [-0.4, -0.2) is 37.1 Å². The van der Waals surface area contributed by atoms with Crippen LogP contribution in [0.25, 0.3) is 0 Å². The lowest BCUT2D eigenvalue weighted by Crippen LogP contribution is -2.50. The summed E-state index contributed by atoms with van der Waals surface area (Å²) in [5, 5.41) is 3.61. The number of fused-ring (bicyclic) bond motifs is 1. The highest BCUT2D eigenvalue weighted by Gasteiger charge is 2.32. The Morgan fingerprint density at radius 1 is 1.13 bits per heavy atom. The Morgan fingerprint density at radius 3 is 2.87 bits per heavy atom. The third-order valence-corrected chi connectivity index (χ3v) is 4.06. The highest BCUT2D eigenvalue weighted by molar-refractivity contribution is 4.87. The van der Waals surface area contributed by atoms with Gasteiger partial charge in [0.1, 0.15) is 0 Å². The molecule has 15 heavy (non-hydrogen) atoms. The average Bonchev–Trinajstić information content (AvgIpc) is 2.30. The maximum absolute atomic E-state index is 3.61. The molecule has 1 N–H and O–H groups in total. The summed E-state index contributed by atoms with van der Waals surface area (Å²) < 4.78 is 0. The van der Waals surface area contributed by atoms with E-state index >= 15 is 0 Å². The summed E-state index contributed by atoms with van der Waals surface area (Å²) in [5.41, 5.74) is 0. The van der Waals surface area contributed by atoms with Gasteiger partial charge in [-0.15, -0.1) is 0 Å². The molecular formula is C13H26N2. The van der Waals surface area contributed by atoms with Gasteiger partial charge in [0, 0.05) is 6.04 Å². The Morgan fingerprint density at radius 2 is 2.00 bits per heavy atom. The van der Waals surface area contributed by atoms with Crippen LogP contribution in [0.3, 0.4) is 0 Å². The number of piperidine rings is 2. The van der Waals surface area contributed by atoms with Crippen LogP contribution < -0.4 is 5.32 Å². The van der Waals surface area contributed by atoms with Gasteiger partial charge in [0.2, 0.25) is 0 Å². The van der Waals surface area contributed by atoms with Crippen LogP contribution in [0.1, 0.15) is 45.4 Å². The molecule has 0 aromatic rings. The van der Waals surface area contributed by atoms with E-state index in [1.807, 2.05) is 0 Å². The fraction of sp³-hybridized carbons (Fsp3) is 1.00. The summed E-state index contributed by atoms with van der Waals surface area (Å²) in [6, 6.07) is 0.914. The second kappa shape index (κ2) is 5.86. The zero-order valence-electron chi connectivity index (χ0n) is 10.2. The summed E-state index contributed by atoms with van der Waals surface area (Å²) in [5.74, 6) is 0.936. The fourth-order valence-electron chi connectivity index (χ4n) is 3.28. The molecule has 0 saturated carbocycles. The number of nitrogens with zero attached hydrogens (tertiary/aromatic N) is 1. The van der Waals surface area contributed by atoms with E-state index in [9.17, 15) is 0 Å². The maximum Gasteiger partial charge on any atom is 0.0136 e. The molecule has 0 aromatic carbocycles. The van der Waals surface area contributed by atoms with Gasteiger partial charge in [-0.1, -0.05) is 13.3 Å². The van der Waals surface area contributed by atoms with Crippen molar-refractivity contribution in [3.63, 3.8) is 0 Å². The smallest absolute Gasteiger partial charge is 0.0136 e. The van der Waals surface area contributed by atoms with Gasteiger partial charge < -0.3 is 10.2 Å². The Balaban J connectivity index is 1.81. The van der Waals surface area contributed by atoms with E-state index in [-0.39, 0.29) is 0 Å². The van der Waals surface area contributed by atoms with Crippen molar-refractivity contribution in [3.8, 4) is 0 Å². The molecule has 0 aromatic heterocycles. The third kappa shape index (κ3) is 2.94. The Bertz CT molecular complexity index is 179. The first kappa shape index (κ1) is 11.4. The molecule has 0 radical (unpaired) electrons. The fourth-order valence-corrected chi connectivity index (χ4v) is 3.28. The molecule has 2 saturated heterocycles. The van der Waals surface area contributed by atoms with Gasteiger partial charge in [0.05, 0.1) is 0 Å². The van der Waals surface area contributed by atoms with Gasteiger partial charge in [-0.25, -0.2) is 0 Å². The van der Waals surface area contributed by atoms with Crippen LogP contribution in [0.15, 0.2) is 0 Å². The highest BCUT2D eigenvalue weighted by Crippen LogP contribution is 2.30. The molecule has 0 aliphatic carbocycles. The van der Waals surface area contributed by atoms with Crippen molar-refractivity contribution in [2.24, 2.45) is 5.92 Å². The van der Waals surface area contributed by atoms with Crippen LogP contribution in [-0.2, 0) is 0 Å². The molecule has 0 bridgehead atoms. The minimum Gasteiger partial charge on any atom is -0.316 e. The second-order valence-corrected chi connectivity index (χ2v) is 5.21. The van der Waals surface area contributed by atoms with E-state index in [1.165, 1.54) is 64.7 Å². The average molecular weight is 210 g/mol. The van der Waals surface area contributed by atoms with Gasteiger partial charge in [-0.3, -0.25) is 0 Å². The van der Waals surface area contributed by atoms with Gasteiger partial charge in [0.25, 0.3) is 0 Å². The van der Waals surface area contributed by atoms with Crippen molar-refractivity contribution >= 4 is 0 Å². The largest absolute Gasteiger partial charge is 0.316 e. The lowest BCUT2D eigenvalue weighted by molar-refractivity contribution is 0.0596. The molecule has 2 nitrogen and oxygen atoms in total. The van der Waals surface area contributed by atoms with Crippen molar-refractivity contribution in [2.45, 2.75) is 51.5 Å². The topological polar surface area (TPSA) is 15.3 Å². The Labute approximate surface area is 94.4 Å². The van der Waals surface area contributed by atoms with E-state index in [0.717, 1.165) is 12.0 Å². The molecule has 2 rings (SSSR count). The van der Waals surface area contributed by atoms with Crippen molar-refractivity contribution in [1.29, 1.82) is 0 Å².